The molecule has 1 aliphatic heterocycles. The van der Waals surface area contributed by atoms with Crippen molar-refractivity contribution < 1.29 is 14.6 Å². The summed E-state index contributed by atoms with van der Waals surface area (Å²) in [5.41, 5.74) is 0.962. The molecule has 4 N–H and O–H groups in total. The fourth-order valence-electron chi connectivity index (χ4n) is 4.15. The average Bonchev–Trinajstić information content (AvgIpc) is 3.13. The number of hydrogen-bond acceptors (Lipinski definition) is 5. The third-order valence-corrected chi connectivity index (χ3v) is 5.89. The Morgan fingerprint density at radius 3 is 2.72 bits per heavy atom. The van der Waals surface area contributed by atoms with Gasteiger partial charge < -0.3 is 30.4 Å². The number of nitrogens with zero attached hydrogens (tertiary/aromatic N) is 3. The summed E-state index contributed by atoms with van der Waals surface area (Å²) >= 11 is 0. The third-order valence-electron chi connectivity index (χ3n) is 5.89. The van der Waals surface area contributed by atoms with E-state index >= 15 is 0 Å². The second-order valence-electron chi connectivity index (χ2n) is 8.16. The Balaban J connectivity index is 1.59. The van der Waals surface area contributed by atoms with Crippen molar-refractivity contribution in [3.05, 3.63) is 17.7 Å². The number of aryl methyl sites for hydroxylation is 1. The van der Waals surface area contributed by atoms with Crippen LogP contribution in [0.25, 0.3) is 0 Å². The van der Waals surface area contributed by atoms with E-state index in [0.717, 1.165) is 37.2 Å². The summed E-state index contributed by atoms with van der Waals surface area (Å²) in [6.45, 7) is 5.33. The van der Waals surface area contributed by atoms with Crippen molar-refractivity contribution in [3.8, 4) is 0 Å². The molecule has 2 aliphatic rings. The molecule has 29 heavy (non-hydrogen) atoms. The van der Waals surface area contributed by atoms with Crippen LogP contribution in [0.4, 0.5) is 4.79 Å². The summed E-state index contributed by atoms with van der Waals surface area (Å²) in [5, 5.41) is 16.0. The van der Waals surface area contributed by atoms with E-state index in [9.17, 15) is 14.6 Å². The summed E-state index contributed by atoms with van der Waals surface area (Å²) in [6, 6.07) is -0.602. The Hall–Kier alpha value is -2.07. The highest BCUT2D eigenvalue weighted by molar-refractivity contribution is 6.45. The molecule has 1 atom stereocenters. The maximum Gasteiger partial charge on any atom is 0.376 e. The molecular weight excluding hydrogens is 371 g/mol. The number of imidazole rings is 1. The lowest BCUT2D eigenvalue weighted by atomic mass is 9.83. The quantitative estimate of drug-likeness (QED) is 0.516. The van der Waals surface area contributed by atoms with Crippen molar-refractivity contribution in [1.29, 1.82) is 0 Å². The van der Waals surface area contributed by atoms with E-state index < -0.39 is 13.1 Å². The molecule has 1 aromatic rings. The van der Waals surface area contributed by atoms with E-state index in [4.69, 9.17) is 0 Å². The first-order valence-corrected chi connectivity index (χ1v) is 10.7. The molecule has 10 heteroatoms. The van der Waals surface area contributed by atoms with Crippen LogP contribution in [0.2, 0.25) is 6.82 Å². The van der Waals surface area contributed by atoms with Gasteiger partial charge in [0.05, 0.1) is 0 Å². The van der Waals surface area contributed by atoms with E-state index in [2.05, 4.69) is 20.6 Å². The van der Waals surface area contributed by atoms with Crippen LogP contribution in [0.1, 0.15) is 43.6 Å². The van der Waals surface area contributed by atoms with E-state index in [1.165, 1.54) is 6.42 Å². The highest BCUT2D eigenvalue weighted by atomic mass is 16.2. The van der Waals surface area contributed by atoms with Crippen molar-refractivity contribution in [2.45, 2.75) is 64.4 Å². The van der Waals surface area contributed by atoms with Crippen LogP contribution in [-0.4, -0.2) is 82.0 Å². The second kappa shape index (κ2) is 10.1. The third kappa shape index (κ3) is 5.96. The topological polar surface area (TPSA) is 114 Å². The van der Waals surface area contributed by atoms with Gasteiger partial charge in [0.25, 0.3) is 0 Å². The minimum Gasteiger partial charge on any atom is -0.437 e. The van der Waals surface area contributed by atoms with Gasteiger partial charge >= 0.3 is 13.1 Å². The Bertz CT molecular complexity index is 691. The van der Waals surface area contributed by atoms with Crippen LogP contribution >= 0.6 is 0 Å². The van der Waals surface area contributed by atoms with Crippen LogP contribution in [-0.2, 0) is 11.2 Å². The summed E-state index contributed by atoms with van der Waals surface area (Å²) < 4.78 is 0. The maximum atomic E-state index is 12.9. The number of piperazine rings is 1. The molecule has 9 nitrogen and oxygen atoms in total. The van der Waals surface area contributed by atoms with Crippen molar-refractivity contribution in [3.63, 3.8) is 0 Å². The van der Waals surface area contributed by atoms with Crippen LogP contribution < -0.4 is 10.6 Å². The molecular formula is C19H33BN6O3. The molecule has 0 unspecified atom stereocenters. The molecule has 1 aromatic heterocycles. The van der Waals surface area contributed by atoms with E-state index in [1.54, 1.807) is 17.9 Å². The summed E-state index contributed by atoms with van der Waals surface area (Å²) in [5.74, 6) is 0.655. The number of aromatic amines is 1. The monoisotopic (exact) mass is 404 g/mol. The lowest BCUT2D eigenvalue weighted by Crippen LogP contribution is -2.65. The first kappa shape index (κ1) is 21.6. The van der Waals surface area contributed by atoms with Gasteiger partial charge in [-0.15, -0.1) is 0 Å². The molecule has 1 saturated heterocycles. The smallest absolute Gasteiger partial charge is 0.376 e. The van der Waals surface area contributed by atoms with Gasteiger partial charge in [0, 0.05) is 50.5 Å². The second-order valence-corrected chi connectivity index (χ2v) is 8.16. The number of hydrogen-bond donors (Lipinski definition) is 4. The number of carbonyl (C=O) groups excluding carboxylic acids is 2. The predicted octanol–water partition coefficient (Wildman–Crippen LogP) is 0.516. The first-order chi connectivity index (χ1) is 13.9. The number of carbonyl (C=O) groups is 2. The highest BCUT2D eigenvalue weighted by Gasteiger charge is 2.37. The number of urea groups is 1. The predicted molar refractivity (Wildman–Crippen MR) is 111 cm³/mol. The largest absolute Gasteiger partial charge is 0.437 e. The Kier molecular flexibility index (Phi) is 7.54. The lowest BCUT2D eigenvalue weighted by molar-refractivity contribution is -0.126. The first-order valence-electron chi connectivity index (χ1n) is 10.7. The zero-order chi connectivity index (χ0) is 20.8. The molecule has 0 radical (unpaired) electrons. The molecule has 3 amide bonds. The van der Waals surface area contributed by atoms with Crippen LogP contribution in [0, 0.1) is 6.92 Å². The van der Waals surface area contributed by atoms with Crippen molar-refractivity contribution in [2.75, 3.05) is 26.2 Å². The molecule has 160 valence electrons. The molecule has 2 heterocycles. The zero-order valence-electron chi connectivity index (χ0n) is 17.5. The summed E-state index contributed by atoms with van der Waals surface area (Å²) in [7, 11) is -0.651. The van der Waals surface area contributed by atoms with Gasteiger partial charge in [-0.05, 0) is 26.6 Å². The Morgan fingerprint density at radius 2 is 2.07 bits per heavy atom. The number of aromatic nitrogens is 2. The van der Waals surface area contributed by atoms with Crippen LogP contribution in [0.3, 0.4) is 0 Å². The molecule has 0 spiro atoms. The zero-order valence-corrected chi connectivity index (χ0v) is 17.5. The minimum absolute atomic E-state index is 0.175. The molecule has 0 aromatic carbocycles. The van der Waals surface area contributed by atoms with E-state index in [1.807, 2.05) is 11.7 Å². The Labute approximate surface area is 172 Å². The van der Waals surface area contributed by atoms with Gasteiger partial charge in [-0.3, -0.25) is 4.79 Å². The molecule has 1 saturated carbocycles. The lowest BCUT2D eigenvalue weighted by Gasteiger charge is -2.41. The van der Waals surface area contributed by atoms with Gasteiger partial charge in [-0.1, -0.05) is 19.3 Å². The fraction of sp³-hybridized carbons (Fsp3) is 0.737. The summed E-state index contributed by atoms with van der Waals surface area (Å²) in [6.07, 6.45) is 7.91. The molecule has 3 rings (SSSR count). The van der Waals surface area contributed by atoms with E-state index in [-0.39, 0.29) is 18.0 Å². The number of rotatable bonds is 6. The van der Waals surface area contributed by atoms with Gasteiger partial charge in [-0.25, -0.2) is 9.78 Å². The van der Waals surface area contributed by atoms with Crippen LogP contribution in [0.15, 0.2) is 6.20 Å². The molecule has 0 bridgehead atoms. The standard InChI is InChI=1S/C19H33BN6O3/c1-14-22-12-16(23-14)8-9-21-18(27)17-13-25(20(2)29)10-11-26(17)19(28)24-15-6-4-3-5-7-15/h12,15,17,29H,3-11,13H2,1-2H3,(H,21,27)(H,22,23)(H,24,28)/t17-/m1/s1. The molecule has 1 aliphatic carbocycles. The average molecular weight is 404 g/mol. The fourth-order valence-corrected chi connectivity index (χ4v) is 4.15. The van der Waals surface area contributed by atoms with Crippen molar-refractivity contribution >= 4 is 19.0 Å². The minimum atomic E-state index is -0.651. The number of amides is 3. The highest BCUT2D eigenvalue weighted by Crippen LogP contribution is 2.19. The normalized spacial score (nSPS) is 21.1. The Morgan fingerprint density at radius 1 is 1.31 bits per heavy atom. The van der Waals surface area contributed by atoms with Crippen molar-refractivity contribution in [1.82, 2.24) is 30.3 Å². The van der Waals surface area contributed by atoms with Gasteiger partial charge in [0.2, 0.25) is 5.91 Å². The van der Waals surface area contributed by atoms with Gasteiger partial charge in [0.1, 0.15) is 11.9 Å². The summed E-state index contributed by atoms with van der Waals surface area (Å²) in [4.78, 5) is 36.6. The number of H-pyrrole nitrogens is 1. The van der Waals surface area contributed by atoms with E-state index in [0.29, 0.717) is 32.6 Å². The van der Waals surface area contributed by atoms with Gasteiger partial charge in [-0.2, -0.15) is 0 Å². The number of nitrogens with one attached hydrogen (secondary N) is 3. The van der Waals surface area contributed by atoms with Gasteiger partial charge in [0.15, 0.2) is 0 Å². The SMILES string of the molecule is CB(O)N1CCN(C(=O)NC2CCCCC2)[C@@H](C(=O)NCCc2cnc(C)[nH]2)C1. The molecule has 2 fully saturated rings. The van der Waals surface area contributed by atoms with Crippen molar-refractivity contribution in [2.24, 2.45) is 0 Å². The maximum absolute atomic E-state index is 12.9. The van der Waals surface area contributed by atoms with Crippen LogP contribution in [0.5, 0.6) is 0 Å².